The molecule has 0 aliphatic heterocycles. The summed E-state index contributed by atoms with van der Waals surface area (Å²) in [6, 6.07) is 9.48. The van der Waals surface area contributed by atoms with Gasteiger partial charge in [0.2, 0.25) is 0 Å². The summed E-state index contributed by atoms with van der Waals surface area (Å²) in [4.78, 5) is 0. The van der Waals surface area contributed by atoms with Gasteiger partial charge in [0, 0.05) is 10.0 Å². The summed E-state index contributed by atoms with van der Waals surface area (Å²) in [7, 11) is 1.56. The highest BCUT2D eigenvalue weighted by atomic mass is 79.9. The number of hydrogen-bond donors (Lipinski definition) is 2. The summed E-state index contributed by atoms with van der Waals surface area (Å²) in [5, 5.41) is 12.9. The van der Waals surface area contributed by atoms with Gasteiger partial charge in [0.25, 0.3) is 0 Å². The maximum Gasteiger partial charge on any atom is 0.147 e. The first-order chi connectivity index (χ1) is 9.51. The zero-order valence-corrected chi connectivity index (χ0v) is 12.7. The second-order valence-electron chi connectivity index (χ2n) is 4.41. The third-order valence-electron chi connectivity index (χ3n) is 3.00. The van der Waals surface area contributed by atoms with Crippen LogP contribution in [0.5, 0.6) is 11.5 Å². The molecule has 0 bridgehead atoms. The van der Waals surface area contributed by atoms with Crippen molar-refractivity contribution in [2.75, 3.05) is 12.4 Å². The lowest BCUT2D eigenvalue weighted by molar-refractivity contribution is 0.410. The van der Waals surface area contributed by atoms with Crippen molar-refractivity contribution >= 4 is 21.6 Å². The molecule has 0 radical (unpaired) electrons. The summed E-state index contributed by atoms with van der Waals surface area (Å²) < 4.78 is 19.6. The van der Waals surface area contributed by atoms with Gasteiger partial charge in [0.05, 0.1) is 18.8 Å². The number of phenols is 1. The zero-order chi connectivity index (χ0) is 14.7. The highest BCUT2D eigenvalue weighted by Crippen LogP contribution is 2.31. The average Bonchev–Trinajstić information content (AvgIpc) is 2.42. The monoisotopic (exact) mass is 339 g/mol. The molecule has 0 spiro atoms. The molecule has 106 valence electrons. The maximum atomic E-state index is 13.8. The van der Waals surface area contributed by atoms with E-state index < -0.39 is 0 Å². The van der Waals surface area contributed by atoms with Crippen molar-refractivity contribution in [3.05, 3.63) is 52.3 Å². The molecular formula is C15H15BrFNO2. The third-order valence-corrected chi connectivity index (χ3v) is 3.50. The van der Waals surface area contributed by atoms with Crippen molar-refractivity contribution in [1.82, 2.24) is 0 Å². The highest BCUT2D eigenvalue weighted by Gasteiger charge is 2.13. The van der Waals surface area contributed by atoms with Gasteiger partial charge in [-0.15, -0.1) is 0 Å². The first-order valence-electron chi connectivity index (χ1n) is 6.09. The Bertz CT molecular complexity index is 619. The van der Waals surface area contributed by atoms with Gasteiger partial charge in [-0.3, -0.25) is 0 Å². The number of benzene rings is 2. The number of ether oxygens (including phenoxy) is 1. The number of methoxy groups -OCH3 is 1. The van der Waals surface area contributed by atoms with Crippen LogP contribution in [0, 0.1) is 5.82 Å². The molecule has 5 heteroatoms. The summed E-state index contributed by atoms with van der Waals surface area (Å²) in [6.45, 7) is 1.84. The molecule has 0 heterocycles. The van der Waals surface area contributed by atoms with Gasteiger partial charge in [0.15, 0.2) is 0 Å². The number of rotatable bonds is 4. The van der Waals surface area contributed by atoms with Crippen LogP contribution in [-0.4, -0.2) is 12.2 Å². The third kappa shape index (κ3) is 3.22. The lowest BCUT2D eigenvalue weighted by atomic mass is 10.1. The SMILES string of the molecule is COc1ccc(O)c(C(C)Nc2ccc(Br)cc2F)c1. The molecule has 0 fully saturated rings. The smallest absolute Gasteiger partial charge is 0.147 e. The van der Waals surface area contributed by atoms with Crippen LogP contribution in [0.25, 0.3) is 0 Å². The number of anilines is 1. The molecule has 0 saturated carbocycles. The minimum Gasteiger partial charge on any atom is -0.508 e. The highest BCUT2D eigenvalue weighted by molar-refractivity contribution is 9.10. The van der Waals surface area contributed by atoms with Crippen LogP contribution in [-0.2, 0) is 0 Å². The van der Waals surface area contributed by atoms with Gasteiger partial charge in [-0.2, -0.15) is 0 Å². The molecule has 2 aromatic carbocycles. The normalized spacial score (nSPS) is 12.0. The molecule has 20 heavy (non-hydrogen) atoms. The van der Waals surface area contributed by atoms with E-state index in [0.717, 1.165) is 0 Å². The Labute approximate surface area is 125 Å². The summed E-state index contributed by atoms with van der Waals surface area (Å²) in [6.07, 6.45) is 0. The van der Waals surface area contributed by atoms with E-state index in [9.17, 15) is 9.50 Å². The fourth-order valence-corrected chi connectivity index (χ4v) is 2.26. The predicted octanol–water partition coefficient (Wildman–Crippen LogP) is 4.48. The fraction of sp³-hybridized carbons (Fsp3) is 0.200. The largest absolute Gasteiger partial charge is 0.508 e. The lowest BCUT2D eigenvalue weighted by Gasteiger charge is -2.18. The predicted molar refractivity (Wildman–Crippen MR) is 80.8 cm³/mol. The van der Waals surface area contributed by atoms with Crippen LogP contribution >= 0.6 is 15.9 Å². The molecule has 2 aromatic rings. The van der Waals surface area contributed by atoms with E-state index in [-0.39, 0.29) is 17.6 Å². The van der Waals surface area contributed by atoms with Gasteiger partial charge in [-0.05, 0) is 43.3 Å². The van der Waals surface area contributed by atoms with Crippen molar-refractivity contribution in [3.63, 3.8) is 0 Å². The summed E-state index contributed by atoms with van der Waals surface area (Å²) in [5.41, 5.74) is 1.02. The van der Waals surface area contributed by atoms with Crippen molar-refractivity contribution < 1.29 is 14.2 Å². The number of phenolic OH excluding ortho intramolecular Hbond substituents is 1. The molecular weight excluding hydrogens is 325 g/mol. The van der Waals surface area contributed by atoms with E-state index in [2.05, 4.69) is 21.2 Å². The topological polar surface area (TPSA) is 41.5 Å². The van der Waals surface area contributed by atoms with Crippen molar-refractivity contribution in [2.24, 2.45) is 0 Å². The van der Waals surface area contributed by atoms with Crippen molar-refractivity contribution in [1.29, 1.82) is 0 Å². The molecule has 0 saturated heterocycles. The molecule has 0 aliphatic rings. The Hall–Kier alpha value is -1.75. The molecule has 0 aliphatic carbocycles. The number of aromatic hydroxyl groups is 1. The van der Waals surface area contributed by atoms with Crippen LogP contribution in [0.1, 0.15) is 18.5 Å². The van der Waals surface area contributed by atoms with Crippen LogP contribution in [0.15, 0.2) is 40.9 Å². The number of halogens is 2. The molecule has 1 unspecified atom stereocenters. The van der Waals surface area contributed by atoms with Gasteiger partial charge in [-0.25, -0.2) is 4.39 Å². The van der Waals surface area contributed by atoms with E-state index in [1.807, 2.05) is 6.92 Å². The zero-order valence-electron chi connectivity index (χ0n) is 11.2. The van der Waals surface area contributed by atoms with Crippen molar-refractivity contribution in [3.8, 4) is 11.5 Å². The Morgan fingerprint density at radius 1 is 1.25 bits per heavy atom. The first kappa shape index (κ1) is 14.7. The van der Waals surface area contributed by atoms with Crippen LogP contribution in [0.2, 0.25) is 0 Å². The van der Waals surface area contributed by atoms with Gasteiger partial charge in [-0.1, -0.05) is 15.9 Å². The minimum absolute atomic E-state index is 0.142. The summed E-state index contributed by atoms with van der Waals surface area (Å²) >= 11 is 3.21. The number of nitrogens with one attached hydrogen (secondary N) is 1. The van der Waals surface area contributed by atoms with Gasteiger partial charge >= 0.3 is 0 Å². The standard InChI is InChI=1S/C15H15BrFNO2/c1-9(12-8-11(20-2)4-6-15(12)19)18-14-5-3-10(16)7-13(14)17/h3-9,18-19H,1-2H3. The van der Waals surface area contributed by atoms with Crippen molar-refractivity contribution in [2.45, 2.75) is 13.0 Å². The van der Waals surface area contributed by atoms with E-state index >= 15 is 0 Å². The summed E-state index contributed by atoms with van der Waals surface area (Å²) in [5.74, 6) is 0.430. The van der Waals surface area contributed by atoms with Gasteiger partial charge < -0.3 is 15.2 Å². The minimum atomic E-state index is -0.353. The van der Waals surface area contributed by atoms with Crippen LogP contribution < -0.4 is 10.1 Å². The second-order valence-corrected chi connectivity index (χ2v) is 5.33. The molecule has 1 atom stereocenters. The van der Waals surface area contributed by atoms with Crippen LogP contribution in [0.3, 0.4) is 0 Å². The van der Waals surface area contributed by atoms with Crippen LogP contribution in [0.4, 0.5) is 10.1 Å². The maximum absolute atomic E-state index is 13.8. The van der Waals surface area contributed by atoms with E-state index in [1.165, 1.54) is 6.07 Å². The average molecular weight is 340 g/mol. The Morgan fingerprint density at radius 3 is 2.65 bits per heavy atom. The van der Waals surface area contributed by atoms with E-state index in [1.54, 1.807) is 37.4 Å². The Kier molecular flexibility index (Phi) is 4.49. The second kappa shape index (κ2) is 6.13. The fourth-order valence-electron chi connectivity index (χ4n) is 1.92. The number of hydrogen-bond acceptors (Lipinski definition) is 3. The van der Waals surface area contributed by atoms with Gasteiger partial charge in [0.1, 0.15) is 17.3 Å². The molecule has 3 nitrogen and oxygen atoms in total. The molecule has 2 rings (SSSR count). The molecule has 2 N–H and O–H groups in total. The Morgan fingerprint density at radius 2 is 2.00 bits per heavy atom. The van der Waals surface area contributed by atoms with E-state index in [0.29, 0.717) is 21.5 Å². The Balaban J connectivity index is 2.25. The van der Waals surface area contributed by atoms with E-state index in [4.69, 9.17) is 4.74 Å². The molecule has 0 aromatic heterocycles. The molecule has 0 amide bonds. The first-order valence-corrected chi connectivity index (χ1v) is 6.89. The lowest BCUT2D eigenvalue weighted by Crippen LogP contribution is -2.08. The quantitative estimate of drug-likeness (QED) is 0.863.